The molecule has 0 aliphatic rings. The summed E-state index contributed by atoms with van der Waals surface area (Å²) in [4.78, 5) is 0. The van der Waals surface area contributed by atoms with Gasteiger partial charge in [-0.25, -0.2) is 0 Å². The zero-order valence-electron chi connectivity index (χ0n) is 5.46. The number of ether oxygens (including phenoxy) is 1. The first kappa shape index (κ1) is 6.36. The number of rotatable bonds is 3. The topological polar surface area (TPSA) is 22.4 Å². The summed E-state index contributed by atoms with van der Waals surface area (Å²) in [7, 11) is 1.68. The minimum atomic E-state index is 0.730. The van der Waals surface area contributed by atoms with Gasteiger partial charge in [-0.3, -0.25) is 0 Å². The van der Waals surface area contributed by atoms with Crippen LogP contribution in [0.1, 0.15) is 5.76 Å². The third kappa shape index (κ3) is 1.90. The Morgan fingerprint density at radius 2 is 2.56 bits per heavy atom. The maximum absolute atomic E-state index is 5.06. The van der Waals surface area contributed by atoms with Gasteiger partial charge >= 0.3 is 0 Å². The predicted octanol–water partition coefficient (Wildman–Crippen LogP) is 1.47. The predicted molar refractivity (Wildman–Crippen MR) is 34.3 cm³/mol. The average molecular weight is 126 g/mol. The van der Waals surface area contributed by atoms with E-state index >= 15 is 0 Å². The van der Waals surface area contributed by atoms with E-state index in [9.17, 15) is 0 Å². The van der Waals surface area contributed by atoms with Crippen LogP contribution in [-0.2, 0) is 11.2 Å². The van der Waals surface area contributed by atoms with E-state index in [1.54, 1.807) is 13.4 Å². The van der Waals surface area contributed by atoms with Crippen molar-refractivity contribution in [1.82, 2.24) is 0 Å². The van der Waals surface area contributed by atoms with Gasteiger partial charge in [-0.1, -0.05) is 0 Å². The van der Waals surface area contributed by atoms with Crippen LogP contribution in [0.5, 0.6) is 0 Å². The first-order valence-electron chi connectivity index (χ1n) is 2.95. The molecule has 0 aromatic carbocycles. The van der Waals surface area contributed by atoms with E-state index in [1.807, 2.05) is 12.1 Å². The number of methoxy groups -OCH3 is 1. The molecule has 0 fully saturated rings. The Labute approximate surface area is 54.4 Å². The highest BCUT2D eigenvalue weighted by Crippen LogP contribution is 1.99. The van der Waals surface area contributed by atoms with Gasteiger partial charge in [0.1, 0.15) is 5.76 Å². The Kier molecular flexibility index (Phi) is 2.33. The fraction of sp³-hybridized carbons (Fsp3) is 0.429. The molecule has 0 aliphatic carbocycles. The highest BCUT2D eigenvalue weighted by molar-refractivity contribution is 4.97. The maximum Gasteiger partial charge on any atom is 0.106 e. The molecule has 0 bridgehead atoms. The van der Waals surface area contributed by atoms with Gasteiger partial charge in [0.25, 0.3) is 0 Å². The minimum absolute atomic E-state index is 0.730. The Balaban J connectivity index is 2.30. The van der Waals surface area contributed by atoms with Crippen LogP contribution in [0.2, 0.25) is 0 Å². The zero-order chi connectivity index (χ0) is 6.53. The highest BCUT2D eigenvalue weighted by atomic mass is 16.5. The lowest BCUT2D eigenvalue weighted by molar-refractivity contribution is 0.196. The first-order valence-corrected chi connectivity index (χ1v) is 2.95. The van der Waals surface area contributed by atoms with Crippen LogP contribution in [0.4, 0.5) is 0 Å². The molecule has 0 radical (unpaired) electrons. The molecule has 0 N–H and O–H groups in total. The van der Waals surface area contributed by atoms with Gasteiger partial charge in [0.15, 0.2) is 0 Å². The molecule has 1 aromatic heterocycles. The number of hydrogen-bond acceptors (Lipinski definition) is 2. The SMILES string of the molecule is COCCc1ccco1. The molecular weight excluding hydrogens is 116 g/mol. The van der Waals surface area contributed by atoms with Crippen LogP contribution < -0.4 is 0 Å². The molecule has 1 aromatic rings. The van der Waals surface area contributed by atoms with Crippen molar-refractivity contribution in [3.63, 3.8) is 0 Å². The van der Waals surface area contributed by atoms with Crippen LogP contribution in [0.15, 0.2) is 22.8 Å². The Hall–Kier alpha value is -0.760. The lowest BCUT2D eigenvalue weighted by Gasteiger charge is -1.92. The second kappa shape index (κ2) is 3.30. The Morgan fingerprint density at radius 3 is 3.11 bits per heavy atom. The third-order valence-corrected chi connectivity index (χ3v) is 1.13. The van der Waals surface area contributed by atoms with Crippen molar-refractivity contribution in [3.8, 4) is 0 Å². The van der Waals surface area contributed by atoms with Gasteiger partial charge in [0.2, 0.25) is 0 Å². The summed E-state index contributed by atoms with van der Waals surface area (Å²) in [5.41, 5.74) is 0. The van der Waals surface area contributed by atoms with Gasteiger partial charge < -0.3 is 9.15 Å². The molecule has 0 unspecified atom stereocenters. The Morgan fingerprint density at radius 1 is 1.67 bits per heavy atom. The molecule has 50 valence electrons. The summed E-state index contributed by atoms with van der Waals surface area (Å²) in [6.07, 6.45) is 2.54. The summed E-state index contributed by atoms with van der Waals surface area (Å²) < 4.78 is 9.91. The van der Waals surface area contributed by atoms with Crippen molar-refractivity contribution in [2.45, 2.75) is 6.42 Å². The fourth-order valence-corrected chi connectivity index (χ4v) is 0.657. The van der Waals surface area contributed by atoms with E-state index in [1.165, 1.54) is 0 Å². The van der Waals surface area contributed by atoms with E-state index in [4.69, 9.17) is 9.15 Å². The van der Waals surface area contributed by atoms with Crippen molar-refractivity contribution >= 4 is 0 Å². The zero-order valence-corrected chi connectivity index (χ0v) is 5.46. The maximum atomic E-state index is 5.06. The standard InChI is InChI=1S/C7H10O2/c1-8-6-4-7-3-2-5-9-7/h2-3,5H,4,6H2,1H3. The molecule has 1 heterocycles. The summed E-state index contributed by atoms with van der Waals surface area (Å²) >= 11 is 0. The summed E-state index contributed by atoms with van der Waals surface area (Å²) in [5, 5.41) is 0. The average Bonchev–Trinajstić information content (AvgIpc) is 2.34. The van der Waals surface area contributed by atoms with Gasteiger partial charge in [0.05, 0.1) is 12.9 Å². The molecule has 0 atom stereocenters. The fourth-order valence-electron chi connectivity index (χ4n) is 0.657. The van der Waals surface area contributed by atoms with Crippen molar-refractivity contribution < 1.29 is 9.15 Å². The summed E-state index contributed by atoms with van der Waals surface area (Å²) in [6, 6.07) is 3.82. The third-order valence-electron chi connectivity index (χ3n) is 1.13. The smallest absolute Gasteiger partial charge is 0.106 e. The van der Waals surface area contributed by atoms with Crippen molar-refractivity contribution in [2.75, 3.05) is 13.7 Å². The van der Waals surface area contributed by atoms with Gasteiger partial charge in [-0.05, 0) is 12.1 Å². The molecule has 0 saturated heterocycles. The highest BCUT2D eigenvalue weighted by Gasteiger charge is 1.91. The van der Waals surface area contributed by atoms with E-state index < -0.39 is 0 Å². The van der Waals surface area contributed by atoms with Crippen LogP contribution in [0.3, 0.4) is 0 Å². The second-order valence-corrected chi connectivity index (χ2v) is 1.82. The molecule has 0 aliphatic heterocycles. The van der Waals surface area contributed by atoms with Crippen LogP contribution in [-0.4, -0.2) is 13.7 Å². The lowest BCUT2D eigenvalue weighted by atomic mass is 10.3. The molecule has 0 saturated carbocycles. The van der Waals surface area contributed by atoms with Crippen LogP contribution >= 0.6 is 0 Å². The van der Waals surface area contributed by atoms with Gasteiger partial charge in [0, 0.05) is 13.5 Å². The molecular formula is C7H10O2. The van der Waals surface area contributed by atoms with Crippen LogP contribution in [0, 0.1) is 0 Å². The first-order chi connectivity index (χ1) is 4.43. The summed E-state index contributed by atoms with van der Waals surface area (Å²) in [6.45, 7) is 0.730. The minimum Gasteiger partial charge on any atom is -0.469 e. The van der Waals surface area contributed by atoms with E-state index in [-0.39, 0.29) is 0 Å². The molecule has 0 amide bonds. The lowest BCUT2D eigenvalue weighted by Crippen LogP contribution is -1.91. The van der Waals surface area contributed by atoms with E-state index in [0.717, 1.165) is 18.8 Å². The Bertz CT molecular complexity index is 144. The number of furan rings is 1. The molecule has 9 heavy (non-hydrogen) atoms. The number of hydrogen-bond donors (Lipinski definition) is 0. The second-order valence-electron chi connectivity index (χ2n) is 1.82. The quantitative estimate of drug-likeness (QED) is 0.611. The summed E-state index contributed by atoms with van der Waals surface area (Å²) in [5.74, 6) is 0.983. The van der Waals surface area contributed by atoms with E-state index in [2.05, 4.69) is 0 Å². The molecule has 0 spiro atoms. The molecule has 2 heteroatoms. The van der Waals surface area contributed by atoms with Crippen molar-refractivity contribution in [2.24, 2.45) is 0 Å². The largest absolute Gasteiger partial charge is 0.469 e. The molecule has 2 nitrogen and oxygen atoms in total. The monoisotopic (exact) mass is 126 g/mol. The van der Waals surface area contributed by atoms with Crippen molar-refractivity contribution in [1.29, 1.82) is 0 Å². The van der Waals surface area contributed by atoms with Gasteiger partial charge in [-0.15, -0.1) is 0 Å². The van der Waals surface area contributed by atoms with Gasteiger partial charge in [-0.2, -0.15) is 0 Å². The van der Waals surface area contributed by atoms with E-state index in [0.29, 0.717) is 0 Å². The normalized spacial score (nSPS) is 9.89. The van der Waals surface area contributed by atoms with Crippen LogP contribution in [0.25, 0.3) is 0 Å². The van der Waals surface area contributed by atoms with Crippen molar-refractivity contribution in [3.05, 3.63) is 24.2 Å². The molecule has 1 rings (SSSR count).